The van der Waals surface area contributed by atoms with E-state index in [4.69, 9.17) is 14.5 Å². The minimum absolute atomic E-state index is 0. The van der Waals surface area contributed by atoms with Gasteiger partial charge in [-0.2, -0.15) is 0 Å². The normalized spacial score (nSPS) is 18.2. The molecule has 2 N–H and O–H groups in total. The van der Waals surface area contributed by atoms with Crippen molar-refractivity contribution in [2.45, 2.75) is 33.2 Å². The molecule has 0 radical (unpaired) electrons. The van der Waals surface area contributed by atoms with Gasteiger partial charge in [-0.05, 0) is 44.0 Å². The monoisotopic (exact) mass is 531 g/mol. The fraction of sp³-hybridized carbons (Fsp3) is 0.682. The molecule has 2 aliphatic heterocycles. The second-order valence-corrected chi connectivity index (χ2v) is 8.23. The maximum atomic E-state index is 5.47. The minimum Gasteiger partial charge on any atom is -0.454 e. The summed E-state index contributed by atoms with van der Waals surface area (Å²) in [5, 5.41) is 6.86. The van der Waals surface area contributed by atoms with Crippen molar-refractivity contribution >= 4 is 29.9 Å². The number of halogens is 1. The number of ether oxygens (including phenoxy) is 2. The molecule has 170 valence electrons. The number of rotatable bonds is 8. The van der Waals surface area contributed by atoms with Crippen molar-refractivity contribution in [2.75, 3.05) is 59.7 Å². The molecule has 0 aromatic heterocycles. The van der Waals surface area contributed by atoms with Crippen molar-refractivity contribution in [3.8, 4) is 11.5 Å². The molecule has 8 heteroatoms. The molecular formula is C22H38IN5O2. The van der Waals surface area contributed by atoms with Crippen LogP contribution in [0, 0.1) is 5.92 Å². The summed E-state index contributed by atoms with van der Waals surface area (Å²) >= 11 is 0. The van der Waals surface area contributed by atoms with Crippen LogP contribution in [0.5, 0.6) is 11.5 Å². The van der Waals surface area contributed by atoms with Crippen LogP contribution in [0.2, 0.25) is 0 Å². The highest BCUT2D eigenvalue weighted by molar-refractivity contribution is 14.0. The number of benzene rings is 1. The first-order valence-corrected chi connectivity index (χ1v) is 10.9. The second-order valence-electron chi connectivity index (χ2n) is 8.23. The SMILES string of the molecule is CCNC(=NCC(C(C)C)N1CCN(C)CC1)NCCc1ccc2c(c1)OCO2.I. The highest BCUT2D eigenvalue weighted by atomic mass is 127. The summed E-state index contributed by atoms with van der Waals surface area (Å²) in [5.74, 6) is 3.15. The largest absolute Gasteiger partial charge is 0.454 e. The van der Waals surface area contributed by atoms with E-state index in [-0.39, 0.29) is 24.0 Å². The molecule has 0 saturated carbocycles. The zero-order chi connectivity index (χ0) is 20.6. The molecular weight excluding hydrogens is 493 g/mol. The van der Waals surface area contributed by atoms with Crippen molar-refractivity contribution in [1.29, 1.82) is 0 Å². The summed E-state index contributed by atoms with van der Waals surface area (Å²) in [6.07, 6.45) is 0.910. The molecule has 3 rings (SSSR count). The van der Waals surface area contributed by atoms with E-state index in [2.05, 4.69) is 60.4 Å². The predicted octanol–water partition coefficient (Wildman–Crippen LogP) is 2.40. The van der Waals surface area contributed by atoms with Gasteiger partial charge in [0.25, 0.3) is 0 Å². The first-order valence-electron chi connectivity index (χ1n) is 10.9. The van der Waals surface area contributed by atoms with E-state index in [1.165, 1.54) is 5.56 Å². The van der Waals surface area contributed by atoms with E-state index in [9.17, 15) is 0 Å². The van der Waals surface area contributed by atoms with E-state index < -0.39 is 0 Å². The van der Waals surface area contributed by atoms with Crippen molar-refractivity contribution < 1.29 is 9.47 Å². The first-order chi connectivity index (χ1) is 14.1. The number of hydrogen-bond donors (Lipinski definition) is 2. The third-order valence-corrected chi connectivity index (χ3v) is 5.70. The van der Waals surface area contributed by atoms with Crippen LogP contribution >= 0.6 is 24.0 Å². The molecule has 1 unspecified atom stereocenters. The standard InChI is InChI=1S/C22H37N5O2.HI/c1-5-23-22(24-9-8-18-6-7-20-21(14-18)29-16-28-20)25-15-19(17(2)3)27-12-10-26(4)11-13-27;/h6-7,14,17,19H,5,8-13,15-16H2,1-4H3,(H2,23,24,25);1H. The Bertz CT molecular complexity index is 677. The van der Waals surface area contributed by atoms with Gasteiger partial charge >= 0.3 is 0 Å². The van der Waals surface area contributed by atoms with E-state index in [1.54, 1.807) is 0 Å². The van der Waals surface area contributed by atoms with Crippen LogP contribution in [0.3, 0.4) is 0 Å². The molecule has 1 saturated heterocycles. The van der Waals surface area contributed by atoms with Crippen LogP contribution in [-0.2, 0) is 6.42 Å². The summed E-state index contributed by atoms with van der Waals surface area (Å²) in [5.41, 5.74) is 1.23. The molecule has 2 aliphatic rings. The minimum atomic E-state index is 0. The molecule has 30 heavy (non-hydrogen) atoms. The van der Waals surface area contributed by atoms with Crippen LogP contribution in [-0.4, -0.2) is 81.5 Å². The van der Waals surface area contributed by atoms with Crippen molar-refractivity contribution in [3.05, 3.63) is 23.8 Å². The van der Waals surface area contributed by atoms with Gasteiger partial charge in [-0.25, -0.2) is 0 Å². The summed E-state index contributed by atoms with van der Waals surface area (Å²) in [7, 11) is 2.20. The fourth-order valence-electron chi connectivity index (χ4n) is 3.85. The smallest absolute Gasteiger partial charge is 0.231 e. The van der Waals surface area contributed by atoms with Gasteiger partial charge in [-0.3, -0.25) is 9.89 Å². The maximum Gasteiger partial charge on any atom is 0.231 e. The predicted molar refractivity (Wildman–Crippen MR) is 133 cm³/mol. The number of piperazine rings is 1. The van der Waals surface area contributed by atoms with Gasteiger partial charge in [-0.1, -0.05) is 19.9 Å². The van der Waals surface area contributed by atoms with E-state index >= 15 is 0 Å². The topological polar surface area (TPSA) is 61.4 Å². The lowest BCUT2D eigenvalue weighted by molar-refractivity contribution is 0.0925. The Balaban J connectivity index is 0.00000320. The van der Waals surface area contributed by atoms with Gasteiger partial charge in [0.15, 0.2) is 17.5 Å². The Morgan fingerprint density at radius 1 is 1.10 bits per heavy atom. The number of fused-ring (bicyclic) bond motifs is 1. The summed E-state index contributed by atoms with van der Waals surface area (Å²) in [4.78, 5) is 9.92. The molecule has 0 spiro atoms. The molecule has 2 heterocycles. The van der Waals surface area contributed by atoms with Crippen LogP contribution in [0.1, 0.15) is 26.3 Å². The number of nitrogens with zero attached hydrogens (tertiary/aromatic N) is 3. The van der Waals surface area contributed by atoms with Crippen molar-refractivity contribution in [3.63, 3.8) is 0 Å². The number of guanidine groups is 1. The van der Waals surface area contributed by atoms with Crippen LogP contribution < -0.4 is 20.1 Å². The fourth-order valence-corrected chi connectivity index (χ4v) is 3.85. The Hall–Kier alpha value is -1.26. The lowest BCUT2D eigenvalue weighted by Crippen LogP contribution is -2.52. The quantitative estimate of drug-likeness (QED) is 0.305. The molecule has 1 aromatic carbocycles. The zero-order valence-electron chi connectivity index (χ0n) is 18.8. The lowest BCUT2D eigenvalue weighted by Gasteiger charge is -2.39. The molecule has 0 aliphatic carbocycles. The summed E-state index contributed by atoms with van der Waals surface area (Å²) in [6.45, 7) is 14.1. The molecule has 7 nitrogen and oxygen atoms in total. The average Bonchev–Trinajstić information content (AvgIpc) is 3.17. The number of aliphatic imine (C=N–C) groups is 1. The van der Waals surface area contributed by atoms with Crippen molar-refractivity contribution in [2.24, 2.45) is 10.9 Å². The summed E-state index contributed by atoms with van der Waals surface area (Å²) < 4.78 is 10.9. The Kier molecular flexibility index (Phi) is 10.5. The number of hydrogen-bond acceptors (Lipinski definition) is 5. The van der Waals surface area contributed by atoms with Crippen LogP contribution in [0.15, 0.2) is 23.2 Å². The second kappa shape index (κ2) is 12.6. The van der Waals surface area contributed by atoms with Gasteiger partial charge in [0.05, 0.1) is 6.54 Å². The van der Waals surface area contributed by atoms with E-state index in [0.717, 1.165) is 69.7 Å². The van der Waals surface area contributed by atoms with Gasteiger partial charge < -0.3 is 25.0 Å². The zero-order valence-corrected chi connectivity index (χ0v) is 21.1. The van der Waals surface area contributed by atoms with Crippen molar-refractivity contribution in [1.82, 2.24) is 20.4 Å². The maximum absolute atomic E-state index is 5.47. The van der Waals surface area contributed by atoms with Gasteiger partial charge in [0, 0.05) is 45.3 Å². The van der Waals surface area contributed by atoms with Crippen LogP contribution in [0.4, 0.5) is 0 Å². The third kappa shape index (κ3) is 7.16. The van der Waals surface area contributed by atoms with Gasteiger partial charge in [-0.15, -0.1) is 24.0 Å². The summed E-state index contributed by atoms with van der Waals surface area (Å²) in [6, 6.07) is 6.63. The van der Waals surface area contributed by atoms with Crippen LogP contribution in [0.25, 0.3) is 0 Å². The van der Waals surface area contributed by atoms with E-state index in [1.807, 2.05) is 6.07 Å². The molecule has 1 aromatic rings. The molecule has 0 bridgehead atoms. The Labute approximate surface area is 198 Å². The Morgan fingerprint density at radius 3 is 2.53 bits per heavy atom. The number of likely N-dealkylation sites (N-methyl/N-ethyl adjacent to an activating group) is 1. The van der Waals surface area contributed by atoms with Gasteiger partial charge in [0.2, 0.25) is 6.79 Å². The molecule has 1 atom stereocenters. The molecule has 1 fully saturated rings. The lowest BCUT2D eigenvalue weighted by atomic mass is 10.0. The highest BCUT2D eigenvalue weighted by Crippen LogP contribution is 2.32. The highest BCUT2D eigenvalue weighted by Gasteiger charge is 2.24. The Morgan fingerprint density at radius 2 is 1.83 bits per heavy atom. The number of nitrogens with one attached hydrogen (secondary N) is 2. The molecule has 0 amide bonds. The van der Waals surface area contributed by atoms with Gasteiger partial charge in [0.1, 0.15) is 0 Å². The first kappa shape index (κ1) is 25.0. The third-order valence-electron chi connectivity index (χ3n) is 5.70. The van der Waals surface area contributed by atoms with E-state index in [0.29, 0.717) is 18.8 Å². The average molecular weight is 531 g/mol.